The van der Waals surface area contributed by atoms with Crippen LogP contribution >= 0.6 is 0 Å². The molecule has 0 aromatic heterocycles. The molecule has 0 spiro atoms. The van der Waals surface area contributed by atoms with E-state index in [1.54, 1.807) is 29.8 Å². The molecule has 5 nitrogen and oxygen atoms in total. The van der Waals surface area contributed by atoms with Gasteiger partial charge >= 0.3 is 12.1 Å². The van der Waals surface area contributed by atoms with E-state index in [2.05, 4.69) is 0 Å². The molecule has 10 heteroatoms. The first kappa shape index (κ1) is 26.3. The van der Waals surface area contributed by atoms with E-state index in [1.807, 2.05) is 0 Å². The normalized spacial score (nSPS) is 19.0. The second-order valence-electron chi connectivity index (χ2n) is 8.38. The van der Waals surface area contributed by atoms with Crippen LogP contribution in [0.3, 0.4) is 0 Å². The summed E-state index contributed by atoms with van der Waals surface area (Å²) in [5, 5.41) is 0. The number of rotatable bonds is 6. The summed E-state index contributed by atoms with van der Waals surface area (Å²) in [5.41, 5.74) is -3.91. The number of carbonyl (C=O) groups is 1. The zero-order valence-electron chi connectivity index (χ0n) is 19.6. The molecule has 3 aromatic rings. The van der Waals surface area contributed by atoms with Gasteiger partial charge in [0.25, 0.3) is 0 Å². The lowest BCUT2D eigenvalue weighted by Gasteiger charge is -2.48. The molecule has 4 rings (SSSR count). The van der Waals surface area contributed by atoms with E-state index in [1.165, 1.54) is 48.5 Å². The third-order valence-corrected chi connectivity index (χ3v) is 7.44. The lowest BCUT2D eigenvalue weighted by molar-refractivity contribution is -0.175. The summed E-state index contributed by atoms with van der Waals surface area (Å²) in [6, 6.07) is 17.6. The highest BCUT2D eigenvalue weighted by atomic mass is 32.2. The minimum Gasteiger partial charge on any atom is -0.466 e. The van der Waals surface area contributed by atoms with Crippen molar-refractivity contribution in [2.24, 2.45) is 0 Å². The van der Waals surface area contributed by atoms with E-state index < -0.39 is 49.6 Å². The number of carbonyl (C=O) groups excluding carboxylic acids is 1. The first-order valence-electron chi connectivity index (χ1n) is 10.9. The zero-order valence-corrected chi connectivity index (χ0v) is 20.5. The summed E-state index contributed by atoms with van der Waals surface area (Å²) < 4.78 is 91.7. The highest BCUT2D eigenvalue weighted by Gasteiger charge is 2.70. The van der Waals surface area contributed by atoms with E-state index in [9.17, 15) is 17.6 Å². The van der Waals surface area contributed by atoms with Gasteiger partial charge in [0.1, 0.15) is 5.82 Å². The van der Waals surface area contributed by atoms with Gasteiger partial charge in [-0.3, -0.25) is 0 Å². The molecule has 1 unspecified atom stereocenters. The molecule has 3 aromatic carbocycles. The van der Waals surface area contributed by atoms with Gasteiger partial charge in [-0.25, -0.2) is 17.6 Å². The number of hydrogen-bond acceptors (Lipinski definition) is 4. The molecule has 192 valence electrons. The molecule has 1 aliphatic rings. The van der Waals surface area contributed by atoms with E-state index in [0.717, 1.165) is 25.3 Å². The smallest absolute Gasteiger partial charge is 0.416 e. The Hall–Kier alpha value is -3.76. The fraction of sp³-hybridized carbons (Fsp3) is 0.148. The van der Waals surface area contributed by atoms with Crippen molar-refractivity contribution in [3.05, 3.63) is 113 Å². The Morgan fingerprint density at radius 2 is 1.54 bits per heavy atom. The van der Waals surface area contributed by atoms with E-state index in [4.69, 9.17) is 4.74 Å². The Kier molecular flexibility index (Phi) is 6.83. The number of benzene rings is 3. The minimum atomic E-state index is -5.31. The van der Waals surface area contributed by atoms with Gasteiger partial charge < -0.3 is 4.74 Å². The van der Waals surface area contributed by atoms with Crippen molar-refractivity contribution in [2.75, 3.05) is 7.11 Å². The molecule has 0 saturated heterocycles. The molecular formula is C27H21F4NO4S. The summed E-state index contributed by atoms with van der Waals surface area (Å²) >= 11 is 0. The van der Waals surface area contributed by atoms with Gasteiger partial charge in [0.15, 0.2) is 5.54 Å². The van der Waals surface area contributed by atoms with Crippen LogP contribution in [0.4, 0.5) is 17.6 Å². The topological polar surface area (TPSA) is 72.5 Å². The summed E-state index contributed by atoms with van der Waals surface area (Å²) in [5.74, 6) is -1.95. The number of aryl methyl sites for hydroxylation is 1. The number of sulfonamides is 1. The van der Waals surface area contributed by atoms with Crippen LogP contribution < -0.4 is 4.72 Å². The van der Waals surface area contributed by atoms with E-state index >= 15 is 13.2 Å². The van der Waals surface area contributed by atoms with Crippen LogP contribution in [0.2, 0.25) is 0 Å². The lowest BCUT2D eigenvalue weighted by Crippen LogP contribution is -2.67. The van der Waals surface area contributed by atoms with Crippen molar-refractivity contribution >= 4 is 27.6 Å². The Balaban J connectivity index is 2.04. The van der Waals surface area contributed by atoms with Crippen LogP contribution in [0.15, 0.2) is 94.9 Å². The quantitative estimate of drug-likeness (QED) is 0.340. The summed E-state index contributed by atoms with van der Waals surface area (Å²) in [6.07, 6.45) is -4.22. The van der Waals surface area contributed by atoms with Crippen molar-refractivity contribution in [1.82, 2.24) is 4.72 Å². The van der Waals surface area contributed by atoms with Crippen molar-refractivity contribution in [3.63, 3.8) is 0 Å². The summed E-state index contributed by atoms with van der Waals surface area (Å²) in [6.45, 7) is 1.70. The fourth-order valence-electron chi connectivity index (χ4n) is 4.19. The van der Waals surface area contributed by atoms with Crippen molar-refractivity contribution < 1.29 is 35.5 Å². The largest absolute Gasteiger partial charge is 0.466 e. The predicted octanol–water partition coefficient (Wildman–Crippen LogP) is 5.44. The molecule has 0 radical (unpaired) electrons. The van der Waals surface area contributed by atoms with Crippen molar-refractivity contribution in [3.8, 4) is 0 Å². The van der Waals surface area contributed by atoms with Gasteiger partial charge in [0, 0.05) is 5.57 Å². The van der Waals surface area contributed by atoms with E-state index in [-0.39, 0.29) is 16.7 Å². The second-order valence-corrected chi connectivity index (χ2v) is 10.1. The summed E-state index contributed by atoms with van der Waals surface area (Å²) in [4.78, 5) is 12.4. The predicted molar refractivity (Wildman–Crippen MR) is 130 cm³/mol. The van der Waals surface area contributed by atoms with Gasteiger partial charge in [0.2, 0.25) is 10.0 Å². The molecule has 0 saturated carbocycles. The van der Waals surface area contributed by atoms with Crippen molar-refractivity contribution in [2.45, 2.75) is 23.5 Å². The maximum Gasteiger partial charge on any atom is 0.416 e. The van der Waals surface area contributed by atoms with Crippen LogP contribution in [-0.4, -0.2) is 33.2 Å². The maximum atomic E-state index is 15.0. The molecule has 1 N–H and O–H groups in total. The molecule has 37 heavy (non-hydrogen) atoms. The average Bonchev–Trinajstić information content (AvgIpc) is 2.85. The van der Waals surface area contributed by atoms with Crippen molar-refractivity contribution in [1.29, 1.82) is 0 Å². The SMILES string of the molecule is COC(=O)C1=C(c2ccccc2)/C(=C\c2ccc(F)cc2)C1(NS(=O)(=O)c1ccc(C)cc1)C(F)(F)F. The first-order valence-corrected chi connectivity index (χ1v) is 12.4. The highest BCUT2D eigenvalue weighted by Crippen LogP contribution is 2.58. The molecule has 0 heterocycles. The van der Waals surface area contributed by atoms with Crippen LogP contribution in [0, 0.1) is 12.7 Å². The molecular weight excluding hydrogens is 510 g/mol. The minimum absolute atomic E-state index is 0.138. The lowest BCUT2D eigenvalue weighted by atomic mass is 9.63. The summed E-state index contributed by atoms with van der Waals surface area (Å²) in [7, 11) is -3.89. The number of nitrogens with one attached hydrogen (secondary N) is 1. The van der Waals surface area contributed by atoms with Gasteiger partial charge in [0.05, 0.1) is 17.6 Å². The third kappa shape index (κ3) is 4.70. The standard InChI is InChI=1S/C27H21F4NO4S/c1-17-8-14-21(15-9-17)37(34,35)32-26(27(29,30)31)22(16-18-10-12-20(28)13-11-18)23(24(26)25(33)36-2)19-6-4-3-5-7-19/h3-16,32H,1-2H3/b22-16+. The molecule has 1 aliphatic carbocycles. The molecule has 0 aliphatic heterocycles. The second kappa shape index (κ2) is 9.60. The Morgan fingerprint density at radius 3 is 2.08 bits per heavy atom. The monoisotopic (exact) mass is 531 g/mol. The number of halogens is 4. The average molecular weight is 532 g/mol. The van der Waals surface area contributed by atoms with E-state index in [0.29, 0.717) is 5.56 Å². The molecule has 1 atom stereocenters. The number of hydrogen-bond donors (Lipinski definition) is 1. The van der Waals surface area contributed by atoms with Gasteiger partial charge in [-0.2, -0.15) is 17.9 Å². The maximum absolute atomic E-state index is 15.0. The van der Waals surface area contributed by atoms with Gasteiger partial charge in [-0.15, -0.1) is 0 Å². The van der Waals surface area contributed by atoms with Gasteiger partial charge in [-0.05, 0) is 54.0 Å². The Labute approximate surface area is 211 Å². The number of methoxy groups -OCH3 is 1. The number of esters is 1. The van der Waals surface area contributed by atoms with Crippen LogP contribution in [0.5, 0.6) is 0 Å². The van der Waals surface area contributed by atoms with Crippen LogP contribution in [0.1, 0.15) is 16.7 Å². The highest BCUT2D eigenvalue weighted by molar-refractivity contribution is 7.89. The number of alkyl halides is 3. The third-order valence-electron chi connectivity index (χ3n) is 5.98. The van der Waals surface area contributed by atoms with Crippen LogP contribution in [-0.2, 0) is 19.6 Å². The zero-order chi connectivity index (χ0) is 27.0. The Bertz CT molecular complexity index is 1490. The fourth-order valence-corrected chi connectivity index (χ4v) is 5.53. The van der Waals surface area contributed by atoms with Crippen LogP contribution in [0.25, 0.3) is 11.6 Å². The number of ether oxygens (including phenoxy) is 1. The van der Waals surface area contributed by atoms with Gasteiger partial charge in [-0.1, -0.05) is 60.2 Å². The first-order chi connectivity index (χ1) is 17.4. The molecule has 0 fully saturated rings. The molecule has 0 bridgehead atoms. The Morgan fingerprint density at radius 1 is 0.946 bits per heavy atom. The molecule has 0 amide bonds.